The van der Waals surface area contributed by atoms with Crippen LogP contribution in [-0.2, 0) is 23.4 Å². The number of hydrogen-bond donors (Lipinski definition) is 5. The fourth-order valence-corrected chi connectivity index (χ4v) is 6.73. The molecule has 47 heavy (non-hydrogen) atoms. The summed E-state index contributed by atoms with van der Waals surface area (Å²) in [5, 5.41) is 24.8. The Kier molecular flexibility index (Phi) is 10.1. The number of aliphatic hydroxyl groups is 1. The predicted molar refractivity (Wildman–Crippen MR) is 179 cm³/mol. The Hall–Kier alpha value is -3.80. The molecule has 4 aromatic rings. The topological polar surface area (TPSA) is 168 Å². The van der Waals surface area contributed by atoms with Gasteiger partial charge in [0.1, 0.15) is 17.1 Å². The molecule has 0 aliphatic heterocycles. The summed E-state index contributed by atoms with van der Waals surface area (Å²) in [5.74, 6) is -1.10. The number of nitrogens with zero attached hydrogens (tertiary/aromatic N) is 5. The number of carbonyl (C=O) groups is 1. The number of methoxy groups -OCH3 is 1. The Morgan fingerprint density at radius 1 is 1.13 bits per heavy atom. The molecule has 1 amide bonds. The number of alkyl halides is 3. The van der Waals surface area contributed by atoms with E-state index < -0.39 is 28.4 Å². The van der Waals surface area contributed by atoms with Gasteiger partial charge in [-0.05, 0) is 49.7 Å². The molecular formula is C29H32F3IN9O4P. The molecule has 1 atom stereocenters. The van der Waals surface area contributed by atoms with Crippen molar-refractivity contribution in [3.05, 3.63) is 65.7 Å². The van der Waals surface area contributed by atoms with E-state index in [0.717, 1.165) is 18.4 Å². The van der Waals surface area contributed by atoms with Gasteiger partial charge in [-0.3, -0.25) is 19.1 Å². The minimum absolute atomic E-state index is 0.0254. The fraction of sp³-hybridized carbons (Fsp3) is 0.345. The number of halogens is 4. The van der Waals surface area contributed by atoms with Gasteiger partial charge in [0.25, 0.3) is 5.91 Å². The zero-order valence-corrected chi connectivity index (χ0v) is 28.6. The summed E-state index contributed by atoms with van der Waals surface area (Å²) >= 11 is 1.87. The van der Waals surface area contributed by atoms with E-state index in [0.29, 0.717) is 35.4 Å². The molecule has 1 fully saturated rings. The number of aromatic nitrogens is 5. The summed E-state index contributed by atoms with van der Waals surface area (Å²) in [4.78, 5) is 22.6. The maximum atomic E-state index is 14.1. The first-order valence-corrected chi connectivity index (χ1v) is 19.0. The van der Waals surface area contributed by atoms with Gasteiger partial charge in [-0.2, -0.15) is 23.3 Å². The smallest absolute Gasteiger partial charge is 0.421 e. The third-order valence-electron chi connectivity index (χ3n) is 7.64. The zero-order chi connectivity index (χ0) is 34.0. The van der Waals surface area contributed by atoms with Crippen LogP contribution in [0, 0.1) is 5.41 Å². The summed E-state index contributed by atoms with van der Waals surface area (Å²) in [5.41, 5.74) is 0.506. The molecule has 0 spiro atoms. The molecule has 0 radical (unpaired) electrons. The Morgan fingerprint density at radius 3 is 2.51 bits per heavy atom. The molecule has 5 rings (SSSR count). The lowest BCUT2D eigenvalue weighted by atomic mass is 10.1. The first-order chi connectivity index (χ1) is 22.3. The van der Waals surface area contributed by atoms with Crippen molar-refractivity contribution in [1.82, 2.24) is 35.1 Å². The molecular weight excluding hydrogens is 753 g/mol. The van der Waals surface area contributed by atoms with Crippen molar-refractivity contribution in [1.29, 1.82) is 0 Å². The van der Waals surface area contributed by atoms with Gasteiger partial charge in [0.05, 0.1) is 37.0 Å². The van der Waals surface area contributed by atoms with Gasteiger partial charge in [0.2, 0.25) is 10.9 Å². The fourth-order valence-electron chi connectivity index (χ4n) is 4.73. The molecule has 13 nitrogen and oxygen atoms in total. The first kappa shape index (κ1) is 34.5. The molecule has 1 aliphatic rings. The van der Waals surface area contributed by atoms with Crippen LogP contribution >= 0.6 is 27.0 Å². The molecule has 1 unspecified atom stereocenters. The highest BCUT2D eigenvalue weighted by molar-refractivity contribution is 14.2. The monoisotopic (exact) mass is 785 g/mol. The molecule has 0 saturated heterocycles. The number of anilines is 4. The van der Waals surface area contributed by atoms with Crippen LogP contribution in [0.4, 0.5) is 36.3 Å². The molecule has 5 N–H and O–H groups in total. The van der Waals surface area contributed by atoms with Crippen molar-refractivity contribution in [2.75, 3.05) is 38.4 Å². The van der Waals surface area contributed by atoms with Crippen LogP contribution in [0.25, 0.3) is 11.3 Å². The van der Waals surface area contributed by atoms with Gasteiger partial charge in [-0.1, -0.05) is 6.07 Å². The maximum Gasteiger partial charge on any atom is 0.421 e. The van der Waals surface area contributed by atoms with Gasteiger partial charge in [0.15, 0.2) is 5.69 Å². The predicted octanol–water partition coefficient (Wildman–Crippen LogP) is 5.73. The summed E-state index contributed by atoms with van der Waals surface area (Å²) in [7, 11) is 4.41. The summed E-state index contributed by atoms with van der Waals surface area (Å²) in [6, 6.07) is 7.99. The van der Waals surface area contributed by atoms with E-state index in [1.54, 1.807) is 48.4 Å². The maximum absolute atomic E-state index is 14.1. The van der Waals surface area contributed by atoms with Gasteiger partial charge in [0, 0.05) is 65.2 Å². The first-order valence-electron chi connectivity index (χ1n) is 14.3. The number of benzene rings is 1. The second-order valence-corrected chi connectivity index (χ2v) is 17.8. The van der Waals surface area contributed by atoms with Crippen LogP contribution in [0.1, 0.15) is 34.5 Å². The molecule has 1 aliphatic carbocycles. The van der Waals surface area contributed by atoms with Crippen LogP contribution in [0.15, 0.2) is 48.9 Å². The van der Waals surface area contributed by atoms with Gasteiger partial charge in [-0.15, -0.1) is 0 Å². The van der Waals surface area contributed by atoms with Crippen LogP contribution < -0.4 is 25.8 Å². The molecule has 18 heteroatoms. The number of amides is 1. The number of aliphatic hydroxyl groups excluding tert-OH is 1. The lowest BCUT2D eigenvalue weighted by Crippen LogP contribution is -2.21. The van der Waals surface area contributed by atoms with E-state index in [2.05, 4.69) is 41.1 Å². The number of ether oxygens (including phenoxy) is 1. The Labute approximate surface area is 281 Å². The lowest BCUT2D eigenvalue weighted by Gasteiger charge is -2.17. The Balaban J connectivity index is 1.45. The highest BCUT2D eigenvalue weighted by atomic mass is 127. The SMILES string of the molecule is CNC(=O)c1nc(-c2cnn(CC3(CO)CC3)c2)ccc1Nc1nc(Nc2ccc(CP(=O)(I)NC)cc2OC)ncc1C(F)(F)F. The van der Waals surface area contributed by atoms with Crippen LogP contribution in [-0.4, -0.2) is 63.6 Å². The number of rotatable bonds is 13. The third-order valence-corrected chi connectivity index (χ3v) is 11.5. The van der Waals surface area contributed by atoms with E-state index in [-0.39, 0.29) is 35.5 Å². The van der Waals surface area contributed by atoms with E-state index in [4.69, 9.17) is 4.74 Å². The molecule has 1 saturated carbocycles. The molecule has 1 aromatic carbocycles. The normalized spacial score (nSPS) is 15.1. The average Bonchev–Trinajstić information content (AvgIpc) is 3.67. The molecule has 3 aromatic heterocycles. The lowest BCUT2D eigenvalue weighted by molar-refractivity contribution is -0.137. The van der Waals surface area contributed by atoms with Crippen molar-refractivity contribution < 1.29 is 32.4 Å². The van der Waals surface area contributed by atoms with E-state index in [9.17, 15) is 27.6 Å². The van der Waals surface area contributed by atoms with Crippen molar-refractivity contribution in [3.8, 4) is 17.0 Å². The van der Waals surface area contributed by atoms with E-state index in [1.807, 2.05) is 22.0 Å². The van der Waals surface area contributed by atoms with Crippen LogP contribution in [0.3, 0.4) is 0 Å². The van der Waals surface area contributed by atoms with Gasteiger partial charge in [-0.25, -0.2) is 9.97 Å². The molecule has 3 heterocycles. The third kappa shape index (κ3) is 8.20. The van der Waals surface area contributed by atoms with E-state index >= 15 is 0 Å². The summed E-state index contributed by atoms with van der Waals surface area (Å²) in [6.07, 6.45) is 1.16. The van der Waals surface area contributed by atoms with E-state index in [1.165, 1.54) is 20.2 Å². The van der Waals surface area contributed by atoms with Crippen molar-refractivity contribution >= 4 is 56.0 Å². The minimum Gasteiger partial charge on any atom is -0.495 e. The highest BCUT2D eigenvalue weighted by Gasteiger charge is 2.42. The number of carbonyl (C=O) groups excluding carboxylic acids is 1. The quantitative estimate of drug-likeness (QED) is 0.0830. The summed E-state index contributed by atoms with van der Waals surface area (Å²) in [6.45, 7) is 0.587. The largest absolute Gasteiger partial charge is 0.495 e. The number of hydrogen-bond acceptors (Lipinski definition) is 10. The van der Waals surface area contributed by atoms with Crippen LogP contribution in [0.2, 0.25) is 0 Å². The second-order valence-electron chi connectivity index (χ2n) is 11.0. The van der Waals surface area contributed by atoms with Crippen LogP contribution in [0.5, 0.6) is 5.75 Å². The van der Waals surface area contributed by atoms with Gasteiger partial charge >= 0.3 is 6.18 Å². The molecule has 250 valence electrons. The van der Waals surface area contributed by atoms with Crippen molar-refractivity contribution in [2.45, 2.75) is 31.7 Å². The summed E-state index contributed by atoms with van der Waals surface area (Å²) < 4.78 is 61.9. The Morgan fingerprint density at radius 2 is 1.87 bits per heavy atom. The zero-order valence-electron chi connectivity index (χ0n) is 25.5. The Bertz CT molecular complexity index is 1830. The minimum atomic E-state index is -4.83. The van der Waals surface area contributed by atoms with Crippen molar-refractivity contribution in [2.24, 2.45) is 5.41 Å². The molecule has 0 bridgehead atoms. The number of nitrogens with one attached hydrogen (secondary N) is 4. The average molecular weight is 786 g/mol. The van der Waals surface area contributed by atoms with Gasteiger partial charge < -0.3 is 25.8 Å². The van der Waals surface area contributed by atoms with Crippen molar-refractivity contribution in [3.63, 3.8) is 0 Å². The highest BCUT2D eigenvalue weighted by Crippen LogP contribution is 2.53. The number of pyridine rings is 1. The second kappa shape index (κ2) is 13.7. The standard InChI is InChI=1S/C29H32F3IN9O4P/c1-34-26(44)24-22(7-6-20(38-24)18-11-37-42(13-18)15-28(16-43)8-9-28)39-25-19(29(30,31)32)12-36-27(41-25)40-21-5-4-17(10-23(21)46-3)14-47(33,45)35-2/h4-7,10-13,43H,8-9,14-16H2,1-3H3,(H,34,44)(H,35,45)(H2,36,39,40,41).